The van der Waals surface area contributed by atoms with E-state index in [-0.39, 0.29) is 150 Å². The molecule has 3 aromatic heterocycles. The number of likely N-dealkylation sites (N-methyl/N-ethyl adjacent to an activating group) is 1. The fraction of sp³-hybridized carbons (Fsp3) is 0.592. The number of guanidine groups is 1. The van der Waals surface area contributed by atoms with Crippen LogP contribution in [0.25, 0.3) is 21.8 Å². The summed E-state index contributed by atoms with van der Waals surface area (Å²) >= 11 is 0. The van der Waals surface area contributed by atoms with Crippen LogP contribution >= 0.6 is 0 Å². The van der Waals surface area contributed by atoms with Crippen molar-refractivity contribution >= 4 is 116 Å². The molecule has 0 radical (unpaired) electrons. The molecular formula is C98H150N24O17. The van der Waals surface area contributed by atoms with Gasteiger partial charge in [0, 0.05) is 133 Å². The highest BCUT2D eigenvalue weighted by Crippen LogP contribution is 2.25. The lowest BCUT2D eigenvalue weighted by molar-refractivity contribution is -0.137. The minimum absolute atomic E-state index is 0.00230. The Labute approximate surface area is 813 Å². The van der Waals surface area contributed by atoms with E-state index in [0.717, 1.165) is 34.7 Å². The number of hydrogen-bond acceptors (Lipinski definition) is 22. The lowest BCUT2D eigenvalue weighted by atomic mass is 9.98. The molecule has 0 aliphatic carbocycles. The number of hydrogen-bond donors (Lipinski definition) is 20. The van der Waals surface area contributed by atoms with Crippen LogP contribution in [0.3, 0.4) is 0 Å². The van der Waals surface area contributed by atoms with Crippen LogP contribution in [0.15, 0.2) is 96.6 Å². The summed E-state index contributed by atoms with van der Waals surface area (Å²) in [5.74, 6) is -10.8. The molecule has 14 amide bonds. The third-order valence-electron chi connectivity index (χ3n) is 24.6. The monoisotopic (exact) mass is 1940 g/mol. The molecule has 41 nitrogen and oxygen atoms in total. The van der Waals surface area contributed by atoms with Gasteiger partial charge in [-0.05, 0) is 110 Å². The molecule has 764 valence electrons. The fourth-order valence-electron chi connectivity index (χ4n) is 16.3. The number of amides is 14. The maximum atomic E-state index is 15.1. The number of benzene rings is 3. The van der Waals surface area contributed by atoms with Crippen molar-refractivity contribution in [1.82, 2.24) is 98.5 Å². The summed E-state index contributed by atoms with van der Waals surface area (Å²) in [7, 11) is 1.41. The zero-order valence-electron chi connectivity index (χ0n) is 81.9. The van der Waals surface area contributed by atoms with Gasteiger partial charge in [0.05, 0.1) is 49.2 Å². The molecule has 1 saturated heterocycles. The predicted octanol–water partition coefficient (Wildman–Crippen LogP) is 3.32. The molecule has 7 rings (SSSR count). The minimum atomic E-state index is -1.75. The second-order valence-corrected chi connectivity index (χ2v) is 36.6. The third kappa shape index (κ3) is 40.1. The number of aromatic amines is 2. The number of para-hydroxylation sites is 1. The summed E-state index contributed by atoms with van der Waals surface area (Å²) < 4.78 is 6.64. The van der Waals surface area contributed by atoms with Crippen molar-refractivity contribution in [3.63, 3.8) is 0 Å². The van der Waals surface area contributed by atoms with E-state index in [2.05, 4.69) is 96.0 Å². The summed E-state index contributed by atoms with van der Waals surface area (Å²) in [4.78, 5) is 227. The van der Waals surface area contributed by atoms with Gasteiger partial charge < -0.3 is 116 Å². The van der Waals surface area contributed by atoms with Crippen LogP contribution in [0.5, 0.6) is 5.75 Å². The lowest BCUT2D eigenvalue weighted by Crippen LogP contribution is -2.61. The van der Waals surface area contributed by atoms with Gasteiger partial charge in [0.15, 0.2) is 5.96 Å². The fourth-order valence-corrected chi connectivity index (χ4v) is 16.3. The zero-order valence-corrected chi connectivity index (χ0v) is 81.9. The van der Waals surface area contributed by atoms with Gasteiger partial charge >= 0.3 is 0 Å². The van der Waals surface area contributed by atoms with Crippen LogP contribution in [-0.4, -0.2) is 250 Å². The number of carbonyl (C=O) groups excluding carboxylic acids is 14. The Kier molecular flexibility index (Phi) is 49.2. The molecule has 41 heteroatoms. The molecule has 1 aliphatic rings. The molecule has 139 heavy (non-hydrogen) atoms. The Bertz CT molecular complexity index is 5020. The summed E-state index contributed by atoms with van der Waals surface area (Å²) in [5.41, 5.74) is 20.0. The number of ether oxygens (including phenoxy) is 1. The quantitative estimate of drug-likeness (QED) is 0.0148. The number of unbranched alkanes of at least 4 members (excludes halogenated alkanes) is 13. The number of rotatable bonds is 65. The van der Waals surface area contributed by atoms with Crippen molar-refractivity contribution in [2.75, 3.05) is 77.5 Å². The first kappa shape index (κ1) is 113. The normalized spacial score (nSPS) is 14.2. The number of phenols is 1. The number of H-pyrrole nitrogens is 2. The summed E-state index contributed by atoms with van der Waals surface area (Å²) in [6, 6.07) is 5.80. The smallest absolute Gasteiger partial charge is 0.261 e. The number of carbonyl (C=O) groups is 14. The highest BCUT2D eigenvalue weighted by atomic mass is 16.5. The van der Waals surface area contributed by atoms with E-state index < -0.39 is 138 Å². The molecule has 0 unspecified atom stereocenters. The highest BCUT2D eigenvalue weighted by Gasteiger charge is 2.38. The molecule has 3 aromatic carbocycles. The number of aromatic hydroxyl groups is 1. The average Bonchev–Trinajstić information content (AvgIpc) is 1.31. The number of imidazole rings is 1. The van der Waals surface area contributed by atoms with E-state index >= 15 is 9.59 Å². The first-order valence-corrected chi connectivity index (χ1v) is 49.1. The van der Waals surface area contributed by atoms with E-state index in [1.807, 2.05) is 30.9 Å². The first-order valence-electron chi connectivity index (χ1n) is 49.1. The van der Waals surface area contributed by atoms with Crippen molar-refractivity contribution < 1.29 is 77.0 Å². The molecule has 23 N–H and O–H groups in total. The van der Waals surface area contributed by atoms with Gasteiger partial charge in [-0.1, -0.05) is 162 Å². The number of anilines is 1. The molecular weight excluding hydrogens is 1790 g/mol. The van der Waals surface area contributed by atoms with Crippen LogP contribution in [0.4, 0.5) is 5.69 Å². The van der Waals surface area contributed by atoms with Crippen LogP contribution in [0.2, 0.25) is 0 Å². The molecule has 1 aliphatic heterocycles. The Morgan fingerprint density at radius 1 is 0.532 bits per heavy atom. The van der Waals surface area contributed by atoms with Crippen molar-refractivity contribution in [3.8, 4) is 5.75 Å². The number of fused-ring (bicyclic) bond motifs is 2. The Hall–Kier alpha value is -13.1. The summed E-state index contributed by atoms with van der Waals surface area (Å²) in [5, 5.41) is 54.3. The Morgan fingerprint density at radius 2 is 1.08 bits per heavy atom. The van der Waals surface area contributed by atoms with E-state index in [9.17, 15) is 67.4 Å². The molecule has 0 bridgehead atoms. The van der Waals surface area contributed by atoms with Gasteiger partial charge in [-0.25, -0.2) is 9.97 Å². The molecule has 10 atom stereocenters. The van der Waals surface area contributed by atoms with E-state index in [1.165, 1.54) is 114 Å². The number of nitrogens with zero attached hydrogens (tertiary/aromatic N) is 5. The predicted molar refractivity (Wildman–Crippen MR) is 528 cm³/mol. The largest absolute Gasteiger partial charge is 0.508 e. The summed E-state index contributed by atoms with van der Waals surface area (Å²) in [6.07, 6.45) is 22.2. The molecule has 4 heterocycles. The van der Waals surface area contributed by atoms with Crippen molar-refractivity contribution in [2.45, 2.75) is 283 Å². The maximum Gasteiger partial charge on any atom is 0.261 e. The van der Waals surface area contributed by atoms with Gasteiger partial charge in [-0.2, -0.15) is 0 Å². The Morgan fingerprint density at radius 3 is 1.68 bits per heavy atom. The van der Waals surface area contributed by atoms with Gasteiger partial charge in [-0.15, -0.1) is 0 Å². The molecule has 0 spiro atoms. The number of phenolic OH excluding ortho intramolecular Hbond substituents is 1. The second-order valence-electron chi connectivity index (χ2n) is 36.6. The SMILES string of the molecule is CCCCCCCCCCCCCCCC(=O)NCCOCCNC(=O)CCC(=O)NCCCC[C@H](NC(=O)[C@@H](N)[C@@H](C)CC)C(=O)N1CCN(c2ccc3ncn(CC(=O)N[C@@H](CCCNC(=N)N)C(=O)N[C@@H](Cc4cnc[nH]4)C(=O)N[C@@H](Cc4ccc(O)cc4)C(=O)N[C@@H](CC(C)C)C(=O)N[C@@H](CC(N)=O)C(=O)N[C@@H](Cc4c[nH]c5ccccc45)C(=O)N[C@H](C(=O)NC)C(C)C)c(=O)c3c2)CC1. The molecule has 1 fully saturated rings. The lowest BCUT2D eigenvalue weighted by Gasteiger charge is -2.38. The number of nitrogens with two attached hydrogens (primary N) is 3. The standard InChI is InChI=1S/C98H150N24O17/c1-9-11-12-13-14-15-16-17-18-19-20-21-22-32-82(125)106-43-49-139-50-44-107-84(127)40-39-83(126)105-41-26-25-30-75(113-94(135)86(100)64(7)10-2)97(138)121-47-45-120(46-48-121)68-35-38-73-71(55-68)96(137)122(61-111-73)59-85(128)112-74(31-27-42-108-98(101)102)88(129)117-79(54-67-58-104-60-110-67)91(132)115-77(52-65-33-36-69(123)37-34-65)90(131)114-76(51-62(3)4)89(130)118-80(56-81(99)124)92(133)116-78(93(134)119-87(63(5)6)95(136)103-8)53-66-57-109-72-29-24-23-28-70(66)72/h23-24,28-29,33-38,55,57-58,60-64,74-80,86-87,109,123H,9-22,25-27,30-32,39-54,56,59,100H2,1-8H3,(H2,99,124)(H,103,136)(H,104,110)(H,105,126)(H,106,125)(H,107,127)(H,112,128)(H,113,135)(H,114,131)(H,115,132)(H,116,133)(H,117,129)(H,118,130)(H,119,134)(H4,101,102,108)/t64-,74-,75-,76-,77-,78-,79-,80-,86-,87-/m0/s1. The van der Waals surface area contributed by atoms with Crippen LogP contribution in [-0.2, 0) is 97.7 Å². The van der Waals surface area contributed by atoms with Gasteiger partial charge in [0.2, 0.25) is 82.7 Å². The minimum Gasteiger partial charge on any atom is -0.508 e. The zero-order chi connectivity index (χ0) is 101. The second kappa shape index (κ2) is 60.6. The van der Waals surface area contributed by atoms with Crippen molar-refractivity contribution in [1.29, 1.82) is 5.41 Å². The topological polar surface area (TPSA) is 613 Å². The van der Waals surface area contributed by atoms with E-state index in [1.54, 1.807) is 69.1 Å². The number of piperazine rings is 1. The van der Waals surface area contributed by atoms with E-state index in [4.69, 9.17) is 27.3 Å². The third-order valence-corrected chi connectivity index (χ3v) is 24.6. The van der Waals surface area contributed by atoms with Crippen LogP contribution < -0.4 is 96.8 Å². The van der Waals surface area contributed by atoms with Crippen LogP contribution in [0, 0.1) is 23.2 Å². The first-order chi connectivity index (χ1) is 66.6. The maximum absolute atomic E-state index is 15.1. The van der Waals surface area contributed by atoms with E-state index in [0.29, 0.717) is 79.9 Å². The van der Waals surface area contributed by atoms with Crippen molar-refractivity contribution in [3.05, 3.63) is 119 Å². The van der Waals surface area contributed by atoms with Gasteiger partial charge in [-0.3, -0.25) is 81.9 Å². The Balaban J connectivity index is 0.952. The van der Waals surface area contributed by atoms with Crippen LogP contribution in [0.1, 0.15) is 219 Å². The number of primary amides is 1. The molecule has 0 saturated carbocycles. The highest BCUT2D eigenvalue weighted by molar-refractivity contribution is 6.00. The number of aromatic nitrogens is 5. The van der Waals surface area contributed by atoms with Gasteiger partial charge in [0.1, 0.15) is 60.6 Å². The summed E-state index contributed by atoms with van der Waals surface area (Å²) in [6.45, 7) is 14.8. The van der Waals surface area contributed by atoms with Gasteiger partial charge in [0.25, 0.3) is 5.56 Å². The average molecular weight is 1940 g/mol. The van der Waals surface area contributed by atoms with Crippen molar-refractivity contribution in [2.24, 2.45) is 35.0 Å². The molecule has 6 aromatic rings. The number of nitrogens with one attached hydrogen (secondary N) is 16.